The molecule has 1 aliphatic rings. The van der Waals surface area contributed by atoms with Gasteiger partial charge < -0.3 is 10.1 Å². The van der Waals surface area contributed by atoms with Crippen molar-refractivity contribution in [3.63, 3.8) is 0 Å². The number of rotatable bonds is 3. The van der Waals surface area contributed by atoms with Crippen LogP contribution < -0.4 is 10.1 Å². The Morgan fingerprint density at radius 3 is 2.85 bits per heavy atom. The summed E-state index contributed by atoms with van der Waals surface area (Å²) in [6, 6.07) is 14.8. The Morgan fingerprint density at radius 1 is 1.25 bits per heavy atom. The first-order valence-corrected chi connectivity index (χ1v) is 7.32. The average molecular weight is 288 g/mol. The van der Waals surface area contributed by atoms with Crippen molar-refractivity contribution in [1.29, 1.82) is 0 Å². The molecule has 1 unspecified atom stereocenters. The van der Waals surface area contributed by atoms with Gasteiger partial charge in [-0.1, -0.05) is 41.9 Å². The average Bonchev–Trinajstić information content (AvgIpc) is 2.47. The molecule has 104 valence electrons. The molecule has 1 aliphatic heterocycles. The summed E-state index contributed by atoms with van der Waals surface area (Å²) in [5, 5.41) is 4.41. The van der Waals surface area contributed by atoms with Gasteiger partial charge in [-0.05, 0) is 30.2 Å². The van der Waals surface area contributed by atoms with Crippen LogP contribution in [0.1, 0.15) is 29.2 Å². The maximum absolute atomic E-state index is 6.24. The van der Waals surface area contributed by atoms with Crippen molar-refractivity contribution < 1.29 is 4.74 Å². The summed E-state index contributed by atoms with van der Waals surface area (Å²) in [4.78, 5) is 0. The van der Waals surface area contributed by atoms with Gasteiger partial charge in [-0.2, -0.15) is 0 Å². The van der Waals surface area contributed by atoms with Gasteiger partial charge in [-0.3, -0.25) is 0 Å². The SMILES string of the molecule is Cc1cc2c(cc1Cl)C(NCc1ccccc1)CCO2. The van der Waals surface area contributed by atoms with E-state index in [-0.39, 0.29) is 0 Å². The van der Waals surface area contributed by atoms with Gasteiger partial charge in [-0.25, -0.2) is 0 Å². The molecular formula is C17H18ClNO. The molecule has 1 atom stereocenters. The Labute approximate surface area is 124 Å². The first-order valence-electron chi connectivity index (χ1n) is 6.94. The Kier molecular flexibility index (Phi) is 3.95. The van der Waals surface area contributed by atoms with Crippen LogP contribution in [0.4, 0.5) is 0 Å². The summed E-state index contributed by atoms with van der Waals surface area (Å²) < 4.78 is 5.74. The minimum atomic E-state index is 0.303. The van der Waals surface area contributed by atoms with E-state index in [4.69, 9.17) is 16.3 Å². The minimum Gasteiger partial charge on any atom is -0.493 e. The first-order chi connectivity index (χ1) is 9.74. The lowest BCUT2D eigenvalue weighted by Crippen LogP contribution is -2.26. The summed E-state index contributed by atoms with van der Waals surface area (Å²) >= 11 is 6.24. The zero-order valence-corrected chi connectivity index (χ0v) is 12.3. The van der Waals surface area contributed by atoms with Crippen LogP contribution in [0.15, 0.2) is 42.5 Å². The number of hydrogen-bond acceptors (Lipinski definition) is 2. The van der Waals surface area contributed by atoms with Crippen LogP contribution in [-0.2, 0) is 6.54 Å². The van der Waals surface area contributed by atoms with Crippen LogP contribution >= 0.6 is 11.6 Å². The molecular weight excluding hydrogens is 270 g/mol. The van der Waals surface area contributed by atoms with Gasteiger partial charge in [0, 0.05) is 29.6 Å². The third kappa shape index (κ3) is 2.82. The first kappa shape index (κ1) is 13.5. The van der Waals surface area contributed by atoms with E-state index in [0.717, 1.165) is 35.9 Å². The van der Waals surface area contributed by atoms with Gasteiger partial charge in [0.1, 0.15) is 5.75 Å². The fraction of sp³-hybridized carbons (Fsp3) is 0.294. The molecule has 3 heteroatoms. The normalized spacial score (nSPS) is 17.4. The van der Waals surface area contributed by atoms with Crippen molar-refractivity contribution in [3.8, 4) is 5.75 Å². The summed E-state index contributed by atoms with van der Waals surface area (Å²) in [6.07, 6.45) is 0.971. The monoisotopic (exact) mass is 287 g/mol. The Bertz CT molecular complexity index is 597. The summed E-state index contributed by atoms with van der Waals surface area (Å²) in [7, 11) is 0. The number of nitrogens with one attached hydrogen (secondary N) is 1. The van der Waals surface area contributed by atoms with E-state index in [1.807, 2.05) is 25.1 Å². The quantitative estimate of drug-likeness (QED) is 0.911. The van der Waals surface area contributed by atoms with E-state index in [9.17, 15) is 0 Å². The van der Waals surface area contributed by atoms with Crippen molar-refractivity contribution in [1.82, 2.24) is 5.32 Å². The maximum atomic E-state index is 6.24. The zero-order chi connectivity index (χ0) is 13.9. The van der Waals surface area contributed by atoms with E-state index < -0.39 is 0 Å². The molecule has 3 rings (SSSR count). The molecule has 0 aliphatic carbocycles. The molecule has 2 nitrogen and oxygen atoms in total. The molecule has 0 fully saturated rings. The molecule has 0 spiro atoms. The van der Waals surface area contributed by atoms with Crippen molar-refractivity contribution in [2.24, 2.45) is 0 Å². The van der Waals surface area contributed by atoms with Crippen LogP contribution in [0.25, 0.3) is 0 Å². The standard InChI is InChI=1S/C17H18ClNO/c1-12-9-17-14(10-15(12)18)16(7-8-20-17)19-11-13-5-3-2-4-6-13/h2-6,9-10,16,19H,7-8,11H2,1H3. The fourth-order valence-electron chi connectivity index (χ4n) is 2.56. The van der Waals surface area contributed by atoms with E-state index in [1.54, 1.807) is 0 Å². The number of halogens is 1. The lowest BCUT2D eigenvalue weighted by atomic mass is 9.98. The van der Waals surface area contributed by atoms with Crippen molar-refractivity contribution in [2.75, 3.05) is 6.61 Å². The van der Waals surface area contributed by atoms with Gasteiger partial charge >= 0.3 is 0 Å². The molecule has 2 aromatic rings. The highest BCUT2D eigenvalue weighted by Crippen LogP contribution is 2.36. The largest absolute Gasteiger partial charge is 0.493 e. The number of fused-ring (bicyclic) bond motifs is 1. The lowest BCUT2D eigenvalue weighted by molar-refractivity contribution is 0.252. The van der Waals surface area contributed by atoms with Gasteiger partial charge in [0.2, 0.25) is 0 Å². The van der Waals surface area contributed by atoms with E-state index in [1.165, 1.54) is 11.1 Å². The van der Waals surface area contributed by atoms with Gasteiger partial charge in [0.05, 0.1) is 6.61 Å². The molecule has 1 N–H and O–H groups in total. The van der Waals surface area contributed by atoms with Crippen molar-refractivity contribution >= 4 is 11.6 Å². The number of hydrogen-bond donors (Lipinski definition) is 1. The number of benzene rings is 2. The number of aryl methyl sites for hydroxylation is 1. The Balaban J connectivity index is 1.78. The molecule has 0 aromatic heterocycles. The molecule has 0 saturated heterocycles. The molecule has 1 heterocycles. The van der Waals surface area contributed by atoms with Crippen LogP contribution in [-0.4, -0.2) is 6.61 Å². The van der Waals surface area contributed by atoms with Crippen LogP contribution in [0.3, 0.4) is 0 Å². The Morgan fingerprint density at radius 2 is 2.05 bits per heavy atom. The third-order valence-corrected chi connectivity index (χ3v) is 4.13. The predicted octanol–water partition coefficient (Wildman–Crippen LogP) is 4.26. The third-order valence-electron chi connectivity index (χ3n) is 3.73. The smallest absolute Gasteiger partial charge is 0.124 e. The molecule has 2 aromatic carbocycles. The zero-order valence-electron chi connectivity index (χ0n) is 11.5. The van der Waals surface area contributed by atoms with Gasteiger partial charge in [0.15, 0.2) is 0 Å². The molecule has 20 heavy (non-hydrogen) atoms. The van der Waals surface area contributed by atoms with E-state index >= 15 is 0 Å². The second kappa shape index (κ2) is 5.86. The fourth-order valence-corrected chi connectivity index (χ4v) is 2.73. The van der Waals surface area contributed by atoms with E-state index in [0.29, 0.717) is 6.04 Å². The minimum absolute atomic E-state index is 0.303. The summed E-state index contributed by atoms with van der Waals surface area (Å²) in [5.41, 5.74) is 3.52. The predicted molar refractivity (Wildman–Crippen MR) is 82.3 cm³/mol. The second-order valence-electron chi connectivity index (χ2n) is 5.20. The molecule has 0 radical (unpaired) electrons. The van der Waals surface area contributed by atoms with Gasteiger partial charge in [-0.15, -0.1) is 0 Å². The van der Waals surface area contributed by atoms with E-state index in [2.05, 4.69) is 29.6 Å². The van der Waals surface area contributed by atoms with Gasteiger partial charge in [0.25, 0.3) is 0 Å². The van der Waals surface area contributed by atoms with Crippen molar-refractivity contribution in [2.45, 2.75) is 25.9 Å². The maximum Gasteiger partial charge on any atom is 0.124 e. The highest BCUT2D eigenvalue weighted by Gasteiger charge is 2.22. The highest BCUT2D eigenvalue weighted by molar-refractivity contribution is 6.31. The highest BCUT2D eigenvalue weighted by atomic mass is 35.5. The van der Waals surface area contributed by atoms with Crippen molar-refractivity contribution in [3.05, 3.63) is 64.2 Å². The van der Waals surface area contributed by atoms with Crippen LogP contribution in [0.5, 0.6) is 5.75 Å². The number of ether oxygens (including phenoxy) is 1. The lowest BCUT2D eigenvalue weighted by Gasteiger charge is -2.27. The molecule has 0 bridgehead atoms. The summed E-state index contributed by atoms with van der Waals surface area (Å²) in [5.74, 6) is 0.962. The Hall–Kier alpha value is -1.51. The molecule has 0 amide bonds. The summed E-state index contributed by atoms with van der Waals surface area (Å²) in [6.45, 7) is 3.62. The topological polar surface area (TPSA) is 21.3 Å². The second-order valence-corrected chi connectivity index (χ2v) is 5.60. The molecule has 0 saturated carbocycles. The van der Waals surface area contributed by atoms with Crippen LogP contribution in [0.2, 0.25) is 5.02 Å². The van der Waals surface area contributed by atoms with Crippen LogP contribution in [0, 0.1) is 6.92 Å².